The molecule has 94 valence electrons. The quantitative estimate of drug-likeness (QED) is 0.637. The summed E-state index contributed by atoms with van der Waals surface area (Å²) in [6.07, 6.45) is 1.57. The molecule has 0 aromatic heterocycles. The first-order valence-electron chi connectivity index (χ1n) is 4.82. The maximum atomic E-state index is 11.5. The number of hydrogen-bond donors (Lipinski definition) is 2. The molecular weight excluding hydrogens is 338 g/mol. The summed E-state index contributed by atoms with van der Waals surface area (Å²) in [5.41, 5.74) is 0.489. The van der Waals surface area contributed by atoms with E-state index >= 15 is 0 Å². The van der Waals surface area contributed by atoms with Crippen molar-refractivity contribution in [2.75, 3.05) is 7.11 Å². The Balaban J connectivity index is 2.45. The molecule has 1 amide bonds. The summed E-state index contributed by atoms with van der Waals surface area (Å²) in [5.74, 6) is 0.371. The summed E-state index contributed by atoms with van der Waals surface area (Å²) in [7, 11) is 1.53. The highest BCUT2D eigenvalue weighted by Gasteiger charge is 2.22. The van der Waals surface area contributed by atoms with Crippen molar-refractivity contribution in [2.45, 2.75) is 0 Å². The number of benzene rings is 1. The standard InChI is InChI=1S/C11H8BrNO3S2/c1-16-6-2-5(9(14)7(12)4-6)3-8-10(15)13-11(17)18-8/h2-4,14H,1H3,(H,13,15,17)/b8-3-. The summed E-state index contributed by atoms with van der Waals surface area (Å²) >= 11 is 9.27. The van der Waals surface area contributed by atoms with Crippen LogP contribution in [0.25, 0.3) is 6.08 Å². The smallest absolute Gasteiger partial charge is 0.263 e. The Bertz CT molecular complexity index is 572. The zero-order chi connectivity index (χ0) is 13.3. The molecule has 1 aromatic rings. The lowest BCUT2D eigenvalue weighted by molar-refractivity contribution is -0.115. The molecule has 0 atom stereocenters. The first-order valence-corrected chi connectivity index (χ1v) is 6.84. The molecule has 0 aliphatic carbocycles. The molecule has 7 heteroatoms. The van der Waals surface area contributed by atoms with Gasteiger partial charge in [-0.25, -0.2) is 0 Å². The third-order valence-electron chi connectivity index (χ3n) is 2.23. The second kappa shape index (κ2) is 5.29. The van der Waals surface area contributed by atoms with Crippen molar-refractivity contribution in [3.8, 4) is 11.5 Å². The van der Waals surface area contributed by atoms with E-state index in [4.69, 9.17) is 17.0 Å². The van der Waals surface area contributed by atoms with Gasteiger partial charge in [0.15, 0.2) is 0 Å². The molecule has 1 fully saturated rings. The van der Waals surface area contributed by atoms with Gasteiger partial charge in [0.25, 0.3) is 5.91 Å². The predicted molar refractivity (Wildman–Crippen MR) is 78.7 cm³/mol. The third-order valence-corrected chi connectivity index (χ3v) is 4.00. The van der Waals surface area contributed by atoms with Crippen LogP contribution < -0.4 is 10.1 Å². The number of phenolic OH excluding ortho intramolecular Hbond substituents is 1. The highest BCUT2D eigenvalue weighted by molar-refractivity contribution is 9.10. The van der Waals surface area contributed by atoms with E-state index in [9.17, 15) is 9.90 Å². The molecule has 0 bridgehead atoms. The first-order chi connectivity index (χ1) is 8.51. The Labute approximate surface area is 122 Å². The van der Waals surface area contributed by atoms with Gasteiger partial charge in [0, 0.05) is 5.56 Å². The van der Waals surface area contributed by atoms with Crippen LogP contribution >= 0.6 is 39.9 Å². The zero-order valence-corrected chi connectivity index (χ0v) is 12.4. The zero-order valence-electron chi connectivity index (χ0n) is 9.19. The number of carbonyl (C=O) groups excluding carboxylic acids is 1. The van der Waals surface area contributed by atoms with Gasteiger partial charge in [-0.1, -0.05) is 24.0 Å². The van der Waals surface area contributed by atoms with Crippen molar-refractivity contribution in [3.05, 3.63) is 27.1 Å². The normalized spacial score (nSPS) is 17.1. The molecule has 2 rings (SSSR count). The van der Waals surface area contributed by atoms with Gasteiger partial charge in [-0.15, -0.1) is 0 Å². The highest BCUT2D eigenvalue weighted by atomic mass is 79.9. The van der Waals surface area contributed by atoms with E-state index in [1.807, 2.05) is 0 Å². The Morgan fingerprint density at radius 2 is 2.28 bits per heavy atom. The van der Waals surface area contributed by atoms with E-state index in [1.165, 1.54) is 7.11 Å². The number of ether oxygens (including phenoxy) is 1. The van der Waals surface area contributed by atoms with E-state index in [1.54, 1.807) is 18.2 Å². The molecule has 1 heterocycles. The van der Waals surface area contributed by atoms with E-state index in [2.05, 4.69) is 21.2 Å². The fourth-order valence-corrected chi connectivity index (χ4v) is 2.87. The number of thioether (sulfide) groups is 1. The summed E-state index contributed by atoms with van der Waals surface area (Å²) in [4.78, 5) is 12.0. The number of thiocarbonyl (C=S) groups is 1. The Morgan fingerprint density at radius 3 is 2.83 bits per heavy atom. The number of hydrogen-bond acceptors (Lipinski definition) is 5. The molecule has 0 unspecified atom stereocenters. The van der Waals surface area contributed by atoms with Gasteiger partial charge >= 0.3 is 0 Å². The van der Waals surface area contributed by atoms with Crippen LogP contribution in [0.2, 0.25) is 0 Å². The van der Waals surface area contributed by atoms with Crippen LogP contribution in [0.4, 0.5) is 0 Å². The molecule has 1 aliphatic heterocycles. The second-order valence-electron chi connectivity index (χ2n) is 3.40. The first kappa shape index (κ1) is 13.4. The van der Waals surface area contributed by atoms with Crippen LogP contribution in [0, 0.1) is 0 Å². The lowest BCUT2D eigenvalue weighted by atomic mass is 10.1. The average molecular weight is 346 g/mol. The van der Waals surface area contributed by atoms with Crippen LogP contribution in [0.3, 0.4) is 0 Å². The lowest BCUT2D eigenvalue weighted by Gasteiger charge is -2.06. The molecule has 1 aliphatic rings. The number of phenols is 1. The molecule has 1 aromatic carbocycles. The number of halogens is 1. The second-order valence-corrected chi connectivity index (χ2v) is 5.97. The number of carbonyl (C=O) groups is 1. The molecule has 0 spiro atoms. The van der Waals surface area contributed by atoms with Gasteiger partial charge in [0.05, 0.1) is 16.5 Å². The highest BCUT2D eigenvalue weighted by Crippen LogP contribution is 2.36. The Kier molecular flexibility index (Phi) is 3.94. The van der Waals surface area contributed by atoms with Gasteiger partial charge in [0.2, 0.25) is 0 Å². The minimum atomic E-state index is -0.261. The number of amides is 1. The van der Waals surface area contributed by atoms with Crippen LogP contribution in [-0.2, 0) is 4.79 Å². The van der Waals surface area contributed by atoms with Crippen molar-refractivity contribution in [1.82, 2.24) is 5.32 Å². The van der Waals surface area contributed by atoms with Crippen LogP contribution in [0.1, 0.15) is 5.56 Å². The van der Waals surface area contributed by atoms with E-state index < -0.39 is 0 Å². The molecule has 4 nitrogen and oxygen atoms in total. The summed E-state index contributed by atoms with van der Waals surface area (Å²) in [5, 5.41) is 12.4. The van der Waals surface area contributed by atoms with E-state index in [0.29, 0.717) is 25.0 Å². The number of rotatable bonds is 2. The van der Waals surface area contributed by atoms with Crippen LogP contribution in [0.15, 0.2) is 21.5 Å². The van der Waals surface area contributed by atoms with Crippen molar-refractivity contribution < 1.29 is 14.6 Å². The SMILES string of the molecule is COc1cc(Br)c(O)c(/C=C2\SC(=S)NC2=O)c1. The fraction of sp³-hybridized carbons (Fsp3) is 0.0909. The van der Waals surface area contributed by atoms with Crippen LogP contribution in [0.5, 0.6) is 11.5 Å². The number of methoxy groups -OCH3 is 1. The third kappa shape index (κ3) is 2.68. The number of nitrogens with one attached hydrogen (secondary N) is 1. The van der Waals surface area contributed by atoms with Gasteiger partial charge in [-0.3, -0.25) is 4.79 Å². The maximum Gasteiger partial charge on any atom is 0.263 e. The van der Waals surface area contributed by atoms with E-state index in [0.717, 1.165) is 11.8 Å². The van der Waals surface area contributed by atoms with Crippen molar-refractivity contribution >= 4 is 56.2 Å². The Morgan fingerprint density at radius 1 is 1.56 bits per heavy atom. The predicted octanol–water partition coefficient (Wildman–Crippen LogP) is 2.65. The summed E-state index contributed by atoms with van der Waals surface area (Å²) in [6.45, 7) is 0. The molecule has 0 radical (unpaired) electrons. The molecule has 18 heavy (non-hydrogen) atoms. The minimum Gasteiger partial charge on any atom is -0.506 e. The van der Waals surface area contributed by atoms with Gasteiger partial charge in [-0.05, 0) is 34.1 Å². The van der Waals surface area contributed by atoms with Gasteiger partial charge in [-0.2, -0.15) is 0 Å². The topological polar surface area (TPSA) is 58.6 Å². The fourth-order valence-electron chi connectivity index (χ4n) is 1.38. The molecular formula is C11H8BrNO3S2. The summed E-state index contributed by atoms with van der Waals surface area (Å²) < 4.78 is 6.01. The lowest BCUT2D eigenvalue weighted by Crippen LogP contribution is -2.17. The molecule has 0 saturated carbocycles. The van der Waals surface area contributed by atoms with Crippen molar-refractivity contribution in [2.24, 2.45) is 0 Å². The summed E-state index contributed by atoms with van der Waals surface area (Å²) in [6, 6.07) is 3.28. The molecule has 1 saturated heterocycles. The van der Waals surface area contributed by atoms with Crippen molar-refractivity contribution in [1.29, 1.82) is 0 Å². The minimum absolute atomic E-state index is 0.0505. The van der Waals surface area contributed by atoms with Gasteiger partial charge in [0.1, 0.15) is 15.8 Å². The molecule has 2 N–H and O–H groups in total. The van der Waals surface area contributed by atoms with Gasteiger partial charge < -0.3 is 15.2 Å². The monoisotopic (exact) mass is 345 g/mol. The largest absolute Gasteiger partial charge is 0.506 e. The maximum absolute atomic E-state index is 11.5. The van der Waals surface area contributed by atoms with Crippen molar-refractivity contribution in [3.63, 3.8) is 0 Å². The average Bonchev–Trinajstić information content (AvgIpc) is 2.63. The van der Waals surface area contributed by atoms with E-state index in [-0.39, 0.29) is 11.7 Å². The Hall–Kier alpha value is -1.05. The number of aromatic hydroxyl groups is 1. The van der Waals surface area contributed by atoms with Crippen LogP contribution in [-0.4, -0.2) is 22.4 Å².